The van der Waals surface area contributed by atoms with E-state index < -0.39 is 0 Å². The molecule has 29 heavy (non-hydrogen) atoms. The molecule has 4 rings (SSSR count). The predicted molar refractivity (Wildman–Crippen MR) is 104 cm³/mol. The lowest BCUT2D eigenvalue weighted by Gasteiger charge is -2.05. The number of benzene rings is 2. The van der Waals surface area contributed by atoms with Crippen LogP contribution in [0.1, 0.15) is 17.8 Å². The normalized spacial score (nSPS) is 15.7. The Balaban J connectivity index is 1.29. The Labute approximate surface area is 170 Å². The number of carbonyl (C=O) groups excluding carboxylic acids is 1. The van der Waals surface area contributed by atoms with E-state index in [0.717, 1.165) is 11.1 Å². The molecule has 1 aliphatic rings. The number of halogens is 2. The van der Waals surface area contributed by atoms with Crippen molar-refractivity contribution >= 4 is 23.2 Å². The summed E-state index contributed by atoms with van der Waals surface area (Å²) in [7, 11) is 0. The van der Waals surface area contributed by atoms with Gasteiger partial charge in [-0.1, -0.05) is 34.0 Å². The van der Waals surface area contributed by atoms with Gasteiger partial charge in [0, 0.05) is 23.6 Å². The SMILES string of the molecule is O=C(NCc1ccc(F)cc1)C1=NO[C@@H](Cc2noc(-c3ccc(Cl)cc3)n2)C1. The number of nitrogens with one attached hydrogen (secondary N) is 1. The lowest BCUT2D eigenvalue weighted by molar-refractivity contribution is -0.115. The molecule has 0 saturated heterocycles. The van der Waals surface area contributed by atoms with Gasteiger partial charge in [0.15, 0.2) is 5.82 Å². The molecule has 0 radical (unpaired) electrons. The topological polar surface area (TPSA) is 89.6 Å². The summed E-state index contributed by atoms with van der Waals surface area (Å²) >= 11 is 5.88. The van der Waals surface area contributed by atoms with Crippen molar-refractivity contribution in [3.8, 4) is 11.5 Å². The second-order valence-corrected chi connectivity index (χ2v) is 6.94. The van der Waals surface area contributed by atoms with E-state index in [1.54, 1.807) is 36.4 Å². The largest absolute Gasteiger partial charge is 0.391 e. The third kappa shape index (κ3) is 4.78. The highest BCUT2D eigenvalue weighted by Crippen LogP contribution is 2.21. The molecule has 7 nitrogen and oxygen atoms in total. The Bertz CT molecular complexity index is 1030. The van der Waals surface area contributed by atoms with E-state index in [9.17, 15) is 9.18 Å². The molecule has 0 unspecified atom stereocenters. The monoisotopic (exact) mass is 414 g/mol. The zero-order valence-corrected chi connectivity index (χ0v) is 15.9. The summed E-state index contributed by atoms with van der Waals surface area (Å²) in [5.74, 6) is 0.194. The Hall–Kier alpha value is -3.26. The number of rotatable bonds is 6. The second kappa shape index (κ2) is 8.40. The zero-order chi connectivity index (χ0) is 20.2. The predicted octanol–water partition coefficient (Wildman–Crippen LogP) is 3.53. The lowest BCUT2D eigenvalue weighted by atomic mass is 10.1. The van der Waals surface area contributed by atoms with Gasteiger partial charge in [-0.2, -0.15) is 4.98 Å². The van der Waals surface area contributed by atoms with Crippen molar-refractivity contribution in [2.45, 2.75) is 25.5 Å². The second-order valence-electron chi connectivity index (χ2n) is 6.51. The Morgan fingerprint density at radius 2 is 1.93 bits per heavy atom. The molecule has 3 aromatic rings. The van der Waals surface area contributed by atoms with E-state index in [0.29, 0.717) is 35.3 Å². The van der Waals surface area contributed by atoms with Crippen LogP contribution in [0, 0.1) is 5.82 Å². The van der Waals surface area contributed by atoms with E-state index in [4.69, 9.17) is 21.0 Å². The molecule has 1 atom stereocenters. The van der Waals surface area contributed by atoms with E-state index in [1.807, 2.05) is 0 Å². The Morgan fingerprint density at radius 1 is 1.17 bits per heavy atom. The average Bonchev–Trinajstić information content (AvgIpc) is 3.38. The van der Waals surface area contributed by atoms with E-state index >= 15 is 0 Å². The van der Waals surface area contributed by atoms with Gasteiger partial charge in [0.1, 0.15) is 17.6 Å². The van der Waals surface area contributed by atoms with Crippen molar-refractivity contribution in [1.82, 2.24) is 15.5 Å². The summed E-state index contributed by atoms with van der Waals surface area (Å²) < 4.78 is 18.2. The third-order valence-electron chi connectivity index (χ3n) is 4.33. The number of aromatic nitrogens is 2. The van der Waals surface area contributed by atoms with E-state index in [1.165, 1.54) is 12.1 Å². The number of hydrogen-bond acceptors (Lipinski definition) is 6. The fourth-order valence-corrected chi connectivity index (χ4v) is 2.93. The summed E-state index contributed by atoms with van der Waals surface area (Å²) in [6, 6.07) is 13.0. The van der Waals surface area contributed by atoms with Crippen molar-refractivity contribution in [3.63, 3.8) is 0 Å². The number of amides is 1. The molecule has 0 saturated carbocycles. The van der Waals surface area contributed by atoms with Gasteiger partial charge in [-0.25, -0.2) is 4.39 Å². The summed E-state index contributed by atoms with van der Waals surface area (Å²) in [5, 5.41) is 11.2. The van der Waals surface area contributed by atoms with Gasteiger partial charge in [-0.05, 0) is 42.0 Å². The summed E-state index contributed by atoms with van der Waals surface area (Å²) in [6.45, 7) is 0.276. The molecule has 2 aromatic carbocycles. The minimum atomic E-state index is -0.350. The van der Waals surface area contributed by atoms with Gasteiger partial charge in [0.25, 0.3) is 11.8 Å². The molecule has 1 aromatic heterocycles. The molecule has 9 heteroatoms. The maximum absolute atomic E-state index is 12.9. The van der Waals surface area contributed by atoms with Gasteiger partial charge in [-0.3, -0.25) is 4.79 Å². The summed E-state index contributed by atoms with van der Waals surface area (Å²) in [4.78, 5) is 21.9. The number of hydrogen-bond donors (Lipinski definition) is 1. The first kappa shape index (κ1) is 19.1. The van der Waals surface area contributed by atoms with Gasteiger partial charge >= 0.3 is 0 Å². The van der Waals surface area contributed by atoms with Crippen molar-refractivity contribution in [1.29, 1.82) is 0 Å². The van der Waals surface area contributed by atoms with Gasteiger partial charge in [0.2, 0.25) is 0 Å². The molecule has 0 fully saturated rings. The molecule has 1 N–H and O–H groups in total. The van der Waals surface area contributed by atoms with Gasteiger partial charge < -0.3 is 14.7 Å². The molecular weight excluding hydrogens is 399 g/mol. The highest BCUT2D eigenvalue weighted by atomic mass is 35.5. The number of oxime groups is 1. The molecule has 1 aliphatic heterocycles. The first-order chi connectivity index (χ1) is 14.1. The number of nitrogens with zero attached hydrogens (tertiary/aromatic N) is 3. The molecule has 0 bridgehead atoms. The molecule has 0 aliphatic carbocycles. The van der Waals surface area contributed by atoms with E-state index in [2.05, 4.69) is 20.6 Å². The first-order valence-corrected chi connectivity index (χ1v) is 9.28. The van der Waals surface area contributed by atoms with Crippen LogP contribution in [0.2, 0.25) is 5.02 Å². The number of carbonyl (C=O) groups is 1. The standard InChI is InChI=1S/C20H16ClFN4O3/c21-14-5-3-13(4-6-14)20-24-18(26-29-20)10-16-9-17(25-28-16)19(27)23-11-12-1-7-15(22)8-2-12/h1-8,16H,9-11H2,(H,23,27)/t16-/m1/s1. The highest BCUT2D eigenvalue weighted by Gasteiger charge is 2.27. The quantitative estimate of drug-likeness (QED) is 0.666. The van der Waals surface area contributed by atoms with E-state index in [-0.39, 0.29) is 24.4 Å². The van der Waals surface area contributed by atoms with Crippen LogP contribution in [0.15, 0.2) is 58.2 Å². The highest BCUT2D eigenvalue weighted by molar-refractivity contribution is 6.39. The third-order valence-corrected chi connectivity index (χ3v) is 4.58. The van der Waals surface area contributed by atoms with Crippen LogP contribution in [0.5, 0.6) is 0 Å². The van der Waals surface area contributed by atoms with Crippen molar-refractivity contribution < 1.29 is 18.5 Å². The molecular formula is C20H16ClFN4O3. The molecule has 148 valence electrons. The zero-order valence-electron chi connectivity index (χ0n) is 15.1. The smallest absolute Gasteiger partial charge is 0.269 e. The first-order valence-electron chi connectivity index (χ1n) is 8.90. The van der Waals surface area contributed by atoms with Crippen molar-refractivity contribution in [3.05, 3.63) is 70.8 Å². The molecule has 1 amide bonds. The maximum Gasteiger partial charge on any atom is 0.269 e. The lowest BCUT2D eigenvalue weighted by Crippen LogP contribution is -2.30. The maximum atomic E-state index is 12.9. The van der Waals surface area contributed by atoms with Crippen LogP contribution in [-0.2, 0) is 22.6 Å². The van der Waals surface area contributed by atoms with Crippen molar-refractivity contribution in [2.75, 3.05) is 0 Å². The summed E-state index contributed by atoms with van der Waals surface area (Å²) in [5.41, 5.74) is 1.84. The minimum absolute atomic E-state index is 0.276. The van der Waals surface area contributed by atoms with Crippen LogP contribution >= 0.6 is 11.6 Å². The van der Waals surface area contributed by atoms with Crippen LogP contribution in [0.4, 0.5) is 4.39 Å². The summed E-state index contributed by atoms with van der Waals surface area (Å²) in [6.07, 6.45) is 0.340. The Kier molecular flexibility index (Phi) is 5.53. The van der Waals surface area contributed by atoms with Crippen LogP contribution in [0.3, 0.4) is 0 Å². The fraction of sp³-hybridized carbons (Fsp3) is 0.200. The molecule has 2 heterocycles. The Morgan fingerprint density at radius 3 is 2.69 bits per heavy atom. The fourth-order valence-electron chi connectivity index (χ4n) is 2.81. The minimum Gasteiger partial charge on any atom is -0.391 e. The van der Waals surface area contributed by atoms with Gasteiger partial charge in [0.05, 0.1) is 6.42 Å². The van der Waals surface area contributed by atoms with Crippen LogP contribution in [-0.4, -0.2) is 27.9 Å². The van der Waals surface area contributed by atoms with Gasteiger partial charge in [-0.15, -0.1) is 0 Å². The van der Waals surface area contributed by atoms with Crippen LogP contribution in [0.25, 0.3) is 11.5 Å². The van der Waals surface area contributed by atoms with Crippen molar-refractivity contribution in [2.24, 2.45) is 5.16 Å². The van der Waals surface area contributed by atoms with Crippen LogP contribution < -0.4 is 5.32 Å². The average molecular weight is 415 g/mol. The molecule has 0 spiro atoms.